The van der Waals surface area contributed by atoms with E-state index in [1.54, 1.807) is 0 Å². The van der Waals surface area contributed by atoms with Gasteiger partial charge in [-0.05, 0) is 44.7 Å². The molecule has 29 heavy (non-hydrogen) atoms. The first kappa shape index (κ1) is 19.7. The summed E-state index contributed by atoms with van der Waals surface area (Å²) >= 11 is 0. The first-order valence-corrected chi connectivity index (χ1v) is 10.8. The van der Waals surface area contributed by atoms with Gasteiger partial charge in [-0.15, -0.1) is 0 Å². The van der Waals surface area contributed by atoms with Gasteiger partial charge < -0.3 is 15.1 Å². The molecule has 0 unspecified atom stereocenters. The van der Waals surface area contributed by atoms with Crippen molar-refractivity contribution >= 4 is 23.4 Å². The lowest BCUT2D eigenvalue weighted by molar-refractivity contribution is -0.132. The molecule has 0 spiro atoms. The normalized spacial score (nSPS) is 17.6. The van der Waals surface area contributed by atoms with Crippen LogP contribution in [0.3, 0.4) is 0 Å². The fourth-order valence-corrected chi connectivity index (χ4v) is 4.29. The number of amides is 1. The maximum Gasteiger partial charge on any atom is 0.227 e. The van der Waals surface area contributed by atoms with Crippen molar-refractivity contribution in [1.82, 2.24) is 14.9 Å². The maximum atomic E-state index is 12.6. The largest absolute Gasteiger partial charge is 0.340 e. The van der Waals surface area contributed by atoms with Gasteiger partial charge in [0.2, 0.25) is 11.9 Å². The highest BCUT2D eigenvalue weighted by molar-refractivity contribution is 5.76. The first-order valence-electron chi connectivity index (χ1n) is 10.8. The lowest BCUT2D eigenvalue weighted by Crippen LogP contribution is -2.49. The molecule has 1 saturated carbocycles. The molecule has 0 radical (unpaired) electrons. The molecule has 1 amide bonds. The molecule has 2 fully saturated rings. The standard InChI is InChI=1S/C23H31N5O/c1-17-7-9-20(10-8-17)25-21-15-18(2)24-23(26-21)28-13-11-27(12-14-28)22(29)16-19-5-3-4-6-19/h7-10,15,19H,3-6,11-14,16H2,1-2H3,(H,24,25,26). The van der Waals surface area contributed by atoms with Crippen LogP contribution < -0.4 is 10.2 Å². The summed E-state index contributed by atoms with van der Waals surface area (Å²) in [5, 5.41) is 3.38. The third kappa shape index (κ3) is 5.05. The van der Waals surface area contributed by atoms with Crippen LogP contribution in [0.15, 0.2) is 30.3 Å². The van der Waals surface area contributed by atoms with E-state index in [2.05, 4.69) is 46.4 Å². The van der Waals surface area contributed by atoms with E-state index in [1.807, 2.05) is 17.9 Å². The van der Waals surface area contributed by atoms with Crippen LogP contribution in [0.5, 0.6) is 0 Å². The van der Waals surface area contributed by atoms with Crippen LogP contribution in [0.1, 0.15) is 43.4 Å². The highest BCUT2D eigenvalue weighted by atomic mass is 16.2. The Morgan fingerprint density at radius 1 is 1.03 bits per heavy atom. The predicted molar refractivity (Wildman–Crippen MR) is 117 cm³/mol. The molecule has 154 valence electrons. The van der Waals surface area contributed by atoms with Crippen molar-refractivity contribution in [2.45, 2.75) is 46.0 Å². The molecular weight excluding hydrogens is 362 g/mol. The van der Waals surface area contributed by atoms with E-state index in [0.29, 0.717) is 11.8 Å². The summed E-state index contributed by atoms with van der Waals surface area (Å²) in [7, 11) is 0. The van der Waals surface area contributed by atoms with E-state index in [0.717, 1.165) is 55.7 Å². The second-order valence-electron chi connectivity index (χ2n) is 8.41. The summed E-state index contributed by atoms with van der Waals surface area (Å²) in [5.41, 5.74) is 3.18. The predicted octanol–water partition coefficient (Wildman–Crippen LogP) is 4.07. The summed E-state index contributed by atoms with van der Waals surface area (Å²) in [5.74, 6) is 2.47. The Balaban J connectivity index is 1.37. The number of carbonyl (C=O) groups excluding carboxylic acids is 1. The van der Waals surface area contributed by atoms with Gasteiger partial charge in [0.1, 0.15) is 5.82 Å². The minimum absolute atomic E-state index is 0.323. The number of rotatable bonds is 5. The zero-order valence-corrected chi connectivity index (χ0v) is 17.5. The number of hydrogen-bond donors (Lipinski definition) is 1. The van der Waals surface area contributed by atoms with Gasteiger partial charge in [-0.1, -0.05) is 30.5 Å². The van der Waals surface area contributed by atoms with Gasteiger partial charge in [-0.2, -0.15) is 4.98 Å². The molecule has 1 aromatic heterocycles. The number of anilines is 3. The van der Waals surface area contributed by atoms with Gasteiger partial charge in [0.05, 0.1) is 0 Å². The van der Waals surface area contributed by atoms with Crippen LogP contribution in [0.2, 0.25) is 0 Å². The Labute approximate surface area is 173 Å². The molecule has 2 aliphatic rings. The highest BCUT2D eigenvalue weighted by Crippen LogP contribution is 2.28. The van der Waals surface area contributed by atoms with Crippen molar-refractivity contribution in [3.8, 4) is 0 Å². The quantitative estimate of drug-likeness (QED) is 0.830. The Kier molecular flexibility index (Phi) is 5.97. The van der Waals surface area contributed by atoms with Gasteiger partial charge >= 0.3 is 0 Å². The summed E-state index contributed by atoms with van der Waals surface area (Å²) in [4.78, 5) is 26.2. The molecule has 1 aliphatic heterocycles. The molecular formula is C23H31N5O. The molecule has 0 bridgehead atoms. The second kappa shape index (κ2) is 8.80. The first-order chi connectivity index (χ1) is 14.1. The Morgan fingerprint density at radius 2 is 1.72 bits per heavy atom. The molecule has 1 aromatic carbocycles. The minimum Gasteiger partial charge on any atom is -0.340 e. The molecule has 1 saturated heterocycles. The van der Waals surface area contributed by atoms with Crippen molar-refractivity contribution in [3.63, 3.8) is 0 Å². The lowest BCUT2D eigenvalue weighted by Gasteiger charge is -2.35. The van der Waals surface area contributed by atoms with Crippen LogP contribution in [-0.4, -0.2) is 47.0 Å². The molecule has 2 aromatic rings. The van der Waals surface area contributed by atoms with Gasteiger partial charge in [0, 0.05) is 50.0 Å². The average Bonchev–Trinajstić information content (AvgIpc) is 3.22. The number of nitrogens with zero attached hydrogens (tertiary/aromatic N) is 4. The molecule has 0 atom stereocenters. The zero-order chi connectivity index (χ0) is 20.2. The second-order valence-corrected chi connectivity index (χ2v) is 8.41. The van der Waals surface area contributed by atoms with Gasteiger partial charge in [0.25, 0.3) is 0 Å². The van der Waals surface area contributed by atoms with E-state index in [9.17, 15) is 4.79 Å². The Bertz CT molecular complexity index is 837. The summed E-state index contributed by atoms with van der Waals surface area (Å²) in [6.45, 7) is 7.14. The zero-order valence-electron chi connectivity index (χ0n) is 17.5. The van der Waals surface area contributed by atoms with E-state index in [-0.39, 0.29) is 0 Å². The summed E-state index contributed by atoms with van der Waals surface area (Å²) < 4.78 is 0. The van der Waals surface area contributed by atoms with Crippen molar-refractivity contribution in [3.05, 3.63) is 41.6 Å². The number of benzene rings is 1. The van der Waals surface area contributed by atoms with E-state index in [4.69, 9.17) is 4.98 Å². The van der Waals surface area contributed by atoms with Crippen molar-refractivity contribution in [2.24, 2.45) is 5.92 Å². The number of hydrogen-bond acceptors (Lipinski definition) is 5. The maximum absolute atomic E-state index is 12.6. The fraction of sp³-hybridized carbons (Fsp3) is 0.522. The molecule has 6 heteroatoms. The highest BCUT2D eigenvalue weighted by Gasteiger charge is 2.26. The Morgan fingerprint density at radius 3 is 2.41 bits per heavy atom. The van der Waals surface area contributed by atoms with Gasteiger partial charge in [-0.3, -0.25) is 4.79 Å². The third-order valence-electron chi connectivity index (χ3n) is 6.02. The number of piperazine rings is 1. The van der Waals surface area contributed by atoms with Crippen LogP contribution in [0, 0.1) is 19.8 Å². The van der Waals surface area contributed by atoms with E-state index in [1.165, 1.54) is 31.2 Å². The fourth-order valence-electron chi connectivity index (χ4n) is 4.29. The molecule has 6 nitrogen and oxygen atoms in total. The number of aromatic nitrogens is 2. The number of aryl methyl sites for hydroxylation is 2. The minimum atomic E-state index is 0.323. The average molecular weight is 394 g/mol. The Hall–Kier alpha value is -2.63. The summed E-state index contributed by atoms with van der Waals surface area (Å²) in [6.07, 6.45) is 5.75. The molecule has 1 N–H and O–H groups in total. The van der Waals surface area contributed by atoms with Crippen LogP contribution in [0.4, 0.5) is 17.5 Å². The third-order valence-corrected chi connectivity index (χ3v) is 6.02. The smallest absolute Gasteiger partial charge is 0.227 e. The van der Waals surface area contributed by atoms with E-state index < -0.39 is 0 Å². The molecule has 1 aliphatic carbocycles. The van der Waals surface area contributed by atoms with Crippen molar-refractivity contribution in [1.29, 1.82) is 0 Å². The van der Waals surface area contributed by atoms with Gasteiger partial charge in [-0.25, -0.2) is 4.98 Å². The number of carbonyl (C=O) groups is 1. The molecule has 4 rings (SSSR count). The lowest BCUT2D eigenvalue weighted by atomic mass is 10.0. The summed E-state index contributed by atoms with van der Waals surface area (Å²) in [6, 6.07) is 10.2. The monoisotopic (exact) mass is 393 g/mol. The van der Waals surface area contributed by atoms with Gasteiger partial charge in [0.15, 0.2) is 0 Å². The molecule has 2 heterocycles. The van der Waals surface area contributed by atoms with E-state index >= 15 is 0 Å². The van der Waals surface area contributed by atoms with Crippen LogP contribution in [0.25, 0.3) is 0 Å². The van der Waals surface area contributed by atoms with Crippen molar-refractivity contribution in [2.75, 3.05) is 36.4 Å². The SMILES string of the molecule is Cc1ccc(Nc2cc(C)nc(N3CCN(C(=O)CC4CCCC4)CC3)n2)cc1. The van der Waals surface area contributed by atoms with Crippen molar-refractivity contribution < 1.29 is 4.79 Å². The van der Waals surface area contributed by atoms with Crippen LogP contribution >= 0.6 is 0 Å². The number of nitrogens with one attached hydrogen (secondary N) is 1. The topological polar surface area (TPSA) is 61.4 Å². The van der Waals surface area contributed by atoms with Crippen LogP contribution in [-0.2, 0) is 4.79 Å².